The molecule has 0 atom stereocenters. The zero-order chi connectivity index (χ0) is 12.5. The molecule has 1 saturated heterocycles. The van der Waals surface area contributed by atoms with E-state index in [1.165, 1.54) is 0 Å². The number of furan rings is 1. The second-order valence-corrected chi connectivity index (χ2v) is 5.11. The molecule has 1 aliphatic rings. The van der Waals surface area contributed by atoms with Crippen molar-refractivity contribution in [1.82, 2.24) is 20.4 Å². The van der Waals surface area contributed by atoms with Gasteiger partial charge in [-0.1, -0.05) is 0 Å². The summed E-state index contributed by atoms with van der Waals surface area (Å²) >= 11 is 3.24. The average Bonchev–Trinajstić information content (AvgIpc) is 2.84. The molecule has 18 heavy (non-hydrogen) atoms. The van der Waals surface area contributed by atoms with E-state index in [0.29, 0.717) is 34.8 Å². The summed E-state index contributed by atoms with van der Waals surface area (Å²) in [5, 5.41) is 11.2. The standard InChI is InChI=1S/C11H13BrN4O2/c1-16(7-4-13-5-7)6-10-14-15-11(18-10)8-2-3-9(12)17-8/h2-3,7,13H,4-6H2,1H3. The van der Waals surface area contributed by atoms with E-state index in [1.807, 2.05) is 0 Å². The first-order chi connectivity index (χ1) is 8.72. The molecule has 3 heterocycles. The van der Waals surface area contributed by atoms with E-state index >= 15 is 0 Å². The van der Waals surface area contributed by atoms with Crippen LogP contribution in [0.15, 0.2) is 25.6 Å². The van der Waals surface area contributed by atoms with Gasteiger partial charge in [-0.15, -0.1) is 10.2 Å². The molecule has 0 unspecified atom stereocenters. The Kier molecular flexibility index (Phi) is 3.19. The minimum atomic E-state index is 0.413. The third-order valence-corrected chi connectivity index (χ3v) is 3.44. The van der Waals surface area contributed by atoms with E-state index in [2.05, 4.69) is 43.4 Å². The Labute approximate surface area is 112 Å². The first kappa shape index (κ1) is 11.9. The summed E-state index contributed by atoms with van der Waals surface area (Å²) in [5.41, 5.74) is 0. The van der Waals surface area contributed by atoms with Gasteiger partial charge in [-0.25, -0.2) is 0 Å². The van der Waals surface area contributed by atoms with E-state index in [9.17, 15) is 0 Å². The number of halogens is 1. The molecule has 0 bridgehead atoms. The van der Waals surface area contributed by atoms with Crippen molar-refractivity contribution in [1.29, 1.82) is 0 Å². The number of nitrogens with one attached hydrogen (secondary N) is 1. The second kappa shape index (κ2) is 4.83. The smallest absolute Gasteiger partial charge is 0.283 e. The van der Waals surface area contributed by atoms with Crippen LogP contribution in [0.4, 0.5) is 0 Å². The van der Waals surface area contributed by atoms with Crippen molar-refractivity contribution in [2.45, 2.75) is 12.6 Å². The molecular weight excluding hydrogens is 300 g/mol. The molecule has 6 nitrogen and oxygen atoms in total. The molecule has 2 aromatic rings. The predicted molar refractivity (Wildman–Crippen MR) is 67.8 cm³/mol. The van der Waals surface area contributed by atoms with Crippen LogP contribution < -0.4 is 5.32 Å². The summed E-state index contributed by atoms with van der Waals surface area (Å²) in [6.07, 6.45) is 0. The molecule has 1 fully saturated rings. The fourth-order valence-electron chi connectivity index (χ4n) is 1.77. The maximum absolute atomic E-state index is 5.57. The third-order valence-electron chi connectivity index (χ3n) is 3.02. The first-order valence-electron chi connectivity index (χ1n) is 5.71. The maximum Gasteiger partial charge on any atom is 0.283 e. The lowest BCUT2D eigenvalue weighted by Crippen LogP contribution is -2.55. The summed E-state index contributed by atoms with van der Waals surface area (Å²) in [5.74, 6) is 1.59. The van der Waals surface area contributed by atoms with Crippen LogP contribution in [0.25, 0.3) is 11.7 Å². The van der Waals surface area contributed by atoms with Crippen molar-refractivity contribution in [3.8, 4) is 11.7 Å². The van der Waals surface area contributed by atoms with Crippen LogP contribution >= 0.6 is 15.9 Å². The van der Waals surface area contributed by atoms with E-state index in [1.54, 1.807) is 12.1 Å². The highest BCUT2D eigenvalue weighted by molar-refractivity contribution is 9.10. The van der Waals surface area contributed by atoms with Gasteiger partial charge in [0, 0.05) is 19.1 Å². The van der Waals surface area contributed by atoms with Gasteiger partial charge in [-0.3, -0.25) is 4.90 Å². The van der Waals surface area contributed by atoms with Crippen molar-refractivity contribution in [2.75, 3.05) is 20.1 Å². The van der Waals surface area contributed by atoms with Gasteiger partial charge in [0.25, 0.3) is 5.89 Å². The van der Waals surface area contributed by atoms with E-state index in [-0.39, 0.29) is 0 Å². The van der Waals surface area contributed by atoms with Gasteiger partial charge in [0.1, 0.15) is 0 Å². The molecule has 0 aliphatic carbocycles. The zero-order valence-corrected chi connectivity index (χ0v) is 11.5. The molecule has 2 aromatic heterocycles. The van der Waals surface area contributed by atoms with Crippen LogP contribution in [0.5, 0.6) is 0 Å². The van der Waals surface area contributed by atoms with Crippen molar-refractivity contribution >= 4 is 15.9 Å². The van der Waals surface area contributed by atoms with Gasteiger partial charge in [0.2, 0.25) is 5.89 Å². The van der Waals surface area contributed by atoms with Crippen LogP contribution in [-0.2, 0) is 6.54 Å². The third kappa shape index (κ3) is 2.33. The topological polar surface area (TPSA) is 67.3 Å². The SMILES string of the molecule is CN(Cc1nnc(-c2ccc(Br)o2)o1)C1CNC1. The minimum Gasteiger partial charge on any atom is -0.444 e. The Morgan fingerprint density at radius 1 is 1.39 bits per heavy atom. The van der Waals surface area contributed by atoms with Crippen LogP contribution in [0.1, 0.15) is 5.89 Å². The highest BCUT2D eigenvalue weighted by atomic mass is 79.9. The van der Waals surface area contributed by atoms with Gasteiger partial charge >= 0.3 is 0 Å². The van der Waals surface area contributed by atoms with Crippen molar-refractivity contribution in [2.24, 2.45) is 0 Å². The van der Waals surface area contributed by atoms with Crippen LogP contribution in [-0.4, -0.2) is 41.3 Å². The lowest BCUT2D eigenvalue weighted by molar-refractivity contribution is 0.160. The maximum atomic E-state index is 5.57. The number of likely N-dealkylation sites (N-methyl/N-ethyl adjacent to an activating group) is 1. The van der Waals surface area contributed by atoms with Crippen LogP contribution in [0.3, 0.4) is 0 Å². The van der Waals surface area contributed by atoms with Gasteiger partial charge < -0.3 is 14.2 Å². The Balaban J connectivity index is 1.69. The average molecular weight is 313 g/mol. The van der Waals surface area contributed by atoms with Crippen LogP contribution in [0, 0.1) is 0 Å². The first-order valence-corrected chi connectivity index (χ1v) is 6.51. The number of rotatable bonds is 4. The van der Waals surface area contributed by atoms with Gasteiger partial charge in [-0.2, -0.15) is 0 Å². The van der Waals surface area contributed by atoms with E-state index < -0.39 is 0 Å². The van der Waals surface area contributed by atoms with Crippen molar-refractivity contribution < 1.29 is 8.83 Å². The molecule has 0 saturated carbocycles. The quantitative estimate of drug-likeness (QED) is 0.922. The molecule has 1 N–H and O–H groups in total. The molecule has 0 spiro atoms. The Bertz CT molecular complexity index is 535. The Hall–Kier alpha value is -1.18. The summed E-state index contributed by atoms with van der Waals surface area (Å²) in [6.45, 7) is 2.69. The highest BCUT2D eigenvalue weighted by Crippen LogP contribution is 2.24. The Morgan fingerprint density at radius 3 is 2.83 bits per heavy atom. The Morgan fingerprint density at radius 2 is 2.22 bits per heavy atom. The summed E-state index contributed by atoms with van der Waals surface area (Å²) in [4.78, 5) is 2.20. The van der Waals surface area contributed by atoms with Gasteiger partial charge in [0.15, 0.2) is 10.4 Å². The van der Waals surface area contributed by atoms with Crippen molar-refractivity contribution in [3.05, 3.63) is 22.7 Å². The molecule has 1 aliphatic heterocycles. The lowest BCUT2D eigenvalue weighted by atomic mass is 10.1. The monoisotopic (exact) mass is 312 g/mol. The molecular formula is C11H13BrN4O2. The fourth-order valence-corrected chi connectivity index (χ4v) is 2.08. The van der Waals surface area contributed by atoms with E-state index in [0.717, 1.165) is 13.1 Å². The summed E-state index contributed by atoms with van der Waals surface area (Å²) < 4.78 is 11.6. The molecule has 0 aromatic carbocycles. The zero-order valence-electron chi connectivity index (χ0n) is 9.89. The van der Waals surface area contributed by atoms with Gasteiger partial charge in [-0.05, 0) is 35.1 Å². The van der Waals surface area contributed by atoms with Crippen molar-refractivity contribution in [3.63, 3.8) is 0 Å². The highest BCUT2D eigenvalue weighted by Gasteiger charge is 2.23. The molecule has 7 heteroatoms. The normalized spacial score (nSPS) is 16.2. The second-order valence-electron chi connectivity index (χ2n) is 4.33. The number of hydrogen-bond acceptors (Lipinski definition) is 6. The predicted octanol–water partition coefficient (Wildman–Crippen LogP) is 1.50. The van der Waals surface area contributed by atoms with Crippen LogP contribution in [0.2, 0.25) is 0 Å². The summed E-state index contributed by atoms with van der Waals surface area (Å²) in [6, 6.07) is 4.14. The number of aromatic nitrogens is 2. The fraction of sp³-hybridized carbons (Fsp3) is 0.455. The molecule has 0 amide bonds. The van der Waals surface area contributed by atoms with E-state index in [4.69, 9.17) is 8.83 Å². The molecule has 96 valence electrons. The molecule has 3 rings (SSSR count). The summed E-state index contributed by atoms with van der Waals surface area (Å²) in [7, 11) is 2.05. The number of nitrogens with zero attached hydrogens (tertiary/aromatic N) is 3. The minimum absolute atomic E-state index is 0.413. The largest absolute Gasteiger partial charge is 0.444 e. The molecule has 0 radical (unpaired) electrons. The van der Waals surface area contributed by atoms with Gasteiger partial charge in [0.05, 0.1) is 6.54 Å². The lowest BCUT2D eigenvalue weighted by Gasteiger charge is -2.34. The number of hydrogen-bond donors (Lipinski definition) is 1.